The average molecular weight is 212 g/mol. The summed E-state index contributed by atoms with van der Waals surface area (Å²) in [5.41, 5.74) is 4.30. The molecule has 1 amide bonds. The van der Waals surface area contributed by atoms with Gasteiger partial charge in [0.25, 0.3) is 0 Å². The number of amides is 1. The molecule has 1 aromatic rings. The third-order valence-corrected chi connectivity index (χ3v) is 2.31. The first-order valence-electron chi connectivity index (χ1n) is 4.28. The molecule has 0 aliphatic carbocycles. The monoisotopic (exact) mass is 212 g/mol. The smallest absolute Gasteiger partial charge is 0.309 e. The first-order valence-corrected chi connectivity index (χ1v) is 4.28. The number of hydrogen-bond acceptors (Lipinski definition) is 4. The molecule has 82 valence electrons. The van der Waals surface area contributed by atoms with Crippen LogP contribution in [-0.4, -0.2) is 20.6 Å². The highest BCUT2D eigenvalue weighted by molar-refractivity contribution is 5.81. The van der Waals surface area contributed by atoms with Crippen molar-refractivity contribution < 1.29 is 9.72 Å². The van der Waals surface area contributed by atoms with E-state index >= 15 is 0 Å². The summed E-state index contributed by atoms with van der Waals surface area (Å²) in [5, 5.41) is 14.4. The van der Waals surface area contributed by atoms with Gasteiger partial charge in [0.15, 0.2) is 0 Å². The van der Waals surface area contributed by atoms with Crippen LogP contribution in [0.4, 0.5) is 5.69 Å². The van der Waals surface area contributed by atoms with Gasteiger partial charge in [-0.3, -0.25) is 14.9 Å². The van der Waals surface area contributed by atoms with Crippen LogP contribution in [-0.2, 0) is 10.3 Å². The van der Waals surface area contributed by atoms with Gasteiger partial charge in [-0.15, -0.1) is 0 Å². The second kappa shape index (κ2) is 3.34. The molecule has 15 heavy (non-hydrogen) atoms. The normalized spacial score (nSPS) is 11.4. The minimum atomic E-state index is -1.07. The molecule has 7 heteroatoms. The highest BCUT2D eigenvalue weighted by Gasteiger charge is 2.32. The largest absolute Gasteiger partial charge is 0.368 e. The average Bonchev–Trinajstić information content (AvgIpc) is 2.46. The lowest BCUT2D eigenvalue weighted by molar-refractivity contribution is -0.385. The zero-order chi connectivity index (χ0) is 11.8. The molecule has 1 heterocycles. The van der Waals surface area contributed by atoms with Crippen molar-refractivity contribution in [3.63, 3.8) is 0 Å². The predicted octanol–water partition coefficient (Wildman–Crippen LogP) is 0.320. The van der Waals surface area contributed by atoms with E-state index in [4.69, 9.17) is 5.73 Å². The van der Waals surface area contributed by atoms with Crippen molar-refractivity contribution >= 4 is 11.6 Å². The Balaban J connectivity index is 3.29. The molecule has 0 saturated carbocycles. The van der Waals surface area contributed by atoms with E-state index in [1.165, 1.54) is 11.6 Å². The van der Waals surface area contributed by atoms with E-state index in [0.29, 0.717) is 5.69 Å². The summed E-state index contributed by atoms with van der Waals surface area (Å²) < 4.78 is 1.26. The third-order valence-electron chi connectivity index (χ3n) is 2.31. The van der Waals surface area contributed by atoms with Crippen LogP contribution in [0, 0.1) is 17.0 Å². The maximum Gasteiger partial charge on any atom is 0.309 e. The molecule has 0 atom stereocenters. The van der Waals surface area contributed by atoms with Crippen LogP contribution in [0.3, 0.4) is 0 Å². The van der Waals surface area contributed by atoms with Gasteiger partial charge in [0.2, 0.25) is 5.91 Å². The zero-order valence-electron chi connectivity index (χ0n) is 8.72. The Morgan fingerprint density at radius 3 is 2.53 bits per heavy atom. The highest BCUT2D eigenvalue weighted by Crippen LogP contribution is 2.23. The third kappa shape index (κ3) is 1.67. The number of carbonyl (C=O) groups is 1. The van der Waals surface area contributed by atoms with Crippen molar-refractivity contribution in [3.05, 3.63) is 22.0 Å². The first-order chi connectivity index (χ1) is 6.78. The topological polar surface area (TPSA) is 104 Å². The summed E-state index contributed by atoms with van der Waals surface area (Å²) in [6.07, 6.45) is 1.11. The maximum atomic E-state index is 11.1. The van der Waals surface area contributed by atoms with Crippen LogP contribution in [0.5, 0.6) is 0 Å². The molecule has 2 N–H and O–H groups in total. The number of hydrogen-bond donors (Lipinski definition) is 1. The predicted molar refractivity (Wildman–Crippen MR) is 52.1 cm³/mol. The molecule has 1 aromatic heterocycles. The molecule has 7 nitrogen and oxygen atoms in total. The number of nitro groups is 1. The standard InChI is InChI=1S/C8H12N4O3/c1-5-6(12(14)15)4-10-11(5)8(2,3)7(9)13/h4H,1-3H3,(H2,9,13). The van der Waals surface area contributed by atoms with Gasteiger partial charge in [-0.1, -0.05) is 0 Å². The van der Waals surface area contributed by atoms with E-state index < -0.39 is 16.4 Å². The van der Waals surface area contributed by atoms with Crippen molar-refractivity contribution in [1.29, 1.82) is 0 Å². The lowest BCUT2D eigenvalue weighted by Crippen LogP contribution is -2.42. The van der Waals surface area contributed by atoms with Gasteiger partial charge in [0, 0.05) is 0 Å². The van der Waals surface area contributed by atoms with E-state index in [-0.39, 0.29) is 5.69 Å². The van der Waals surface area contributed by atoms with E-state index in [1.54, 1.807) is 13.8 Å². The second-order valence-electron chi connectivity index (χ2n) is 3.71. The van der Waals surface area contributed by atoms with Gasteiger partial charge >= 0.3 is 5.69 Å². The first kappa shape index (κ1) is 11.2. The van der Waals surface area contributed by atoms with Crippen molar-refractivity contribution in [2.45, 2.75) is 26.3 Å². The zero-order valence-corrected chi connectivity index (χ0v) is 8.72. The van der Waals surface area contributed by atoms with Gasteiger partial charge in [-0.2, -0.15) is 5.10 Å². The second-order valence-corrected chi connectivity index (χ2v) is 3.71. The maximum absolute atomic E-state index is 11.1. The molecule has 0 aliphatic heterocycles. The summed E-state index contributed by atoms with van der Waals surface area (Å²) in [5.74, 6) is -0.594. The molecule has 0 radical (unpaired) electrons. The highest BCUT2D eigenvalue weighted by atomic mass is 16.6. The Morgan fingerprint density at radius 2 is 2.20 bits per heavy atom. The Kier molecular flexibility index (Phi) is 2.48. The molecule has 0 bridgehead atoms. The van der Waals surface area contributed by atoms with Crippen molar-refractivity contribution in [3.8, 4) is 0 Å². The van der Waals surface area contributed by atoms with Crippen LogP contribution < -0.4 is 5.73 Å². The SMILES string of the molecule is Cc1c([N+](=O)[O-])cnn1C(C)(C)C(N)=O. The van der Waals surface area contributed by atoms with Gasteiger partial charge in [-0.05, 0) is 20.8 Å². The lowest BCUT2D eigenvalue weighted by atomic mass is 10.1. The van der Waals surface area contributed by atoms with Gasteiger partial charge in [0.05, 0.1) is 4.92 Å². The number of nitrogens with zero attached hydrogens (tertiary/aromatic N) is 3. The van der Waals surface area contributed by atoms with Crippen LogP contribution in [0.1, 0.15) is 19.5 Å². The Morgan fingerprint density at radius 1 is 1.67 bits per heavy atom. The minimum Gasteiger partial charge on any atom is -0.368 e. The molecule has 0 aromatic carbocycles. The number of rotatable bonds is 3. The molecule has 1 rings (SSSR count). The van der Waals surface area contributed by atoms with E-state index in [9.17, 15) is 14.9 Å². The number of nitrogens with two attached hydrogens (primary N) is 1. The molecular formula is C8H12N4O3. The van der Waals surface area contributed by atoms with Crippen molar-refractivity contribution in [2.24, 2.45) is 5.73 Å². The van der Waals surface area contributed by atoms with Crippen LogP contribution in [0.25, 0.3) is 0 Å². The Labute approximate surface area is 86.0 Å². The quantitative estimate of drug-likeness (QED) is 0.575. The van der Waals surface area contributed by atoms with Gasteiger partial charge in [0.1, 0.15) is 17.4 Å². The van der Waals surface area contributed by atoms with Crippen molar-refractivity contribution in [2.75, 3.05) is 0 Å². The van der Waals surface area contributed by atoms with Crippen LogP contribution in [0.2, 0.25) is 0 Å². The van der Waals surface area contributed by atoms with Gasteiger partial charge in [-0.25, -0.2) is 4.68 Å². The molecular weight excluding hydrogens is 200 g/mol. The summed E-state index contributed by atoms with van der Waals surface area (Å²) >= 11 is 0. The number of carbonyl (C=O) groups excluding carboxylic acids is 1. The fourth-order valence-corrected chi connectivity index (χ4v) is 1.25. The fourth-order valence-electron chi connectivity index (χ4n) is 1.25. The molecule has 0 unspecified atom stereocenters. The summed E-state index contributed by atoms with van der Waals surface area (Å²) in [6, 6.07) is 0. The molecule has 0 aliphatic rings. The van der Waals surface area contributed by atoms with Crippen LogP contribution in [0.15, 0.2) is 6.20 Å². The Bertz CT molecular complexity index is 422. The van der Waals surface area contributed by atoms with E-state index in [1.807, 2.05) is 0 Å². The summed E-state index contributed by atoms with van der Waals surface area (Å²) in [7, 11) is 0. The van der Waals surface area contributed by atoms with Crippen LogP contribution >= 0.6 is 0 Å². The lowest BCUT2D eigenvalue weighted by Gasteiger charge is -2.22. The van der Waals surface area contributed by atoms with Gasteiger partial charge < -0.3 is 5.73 Å². The minimum absolute atomic E-state index is 0.121. The molecule has 0 fully saturated rings. The number of aromatic nitrogens is 2. The molecule has 0 saturated heterocycles. The van der Waals surface area contributed by atoms with Crippen molar-refractivity contribution in [1.82, 2.24) is 9.78 Å². The Hall–Kier alpha value is -1.92. The number of primary amides is 1. The summed E-state index contributed by atoms with van der Waals surface area (Å²) in [4.78, 5) is 21.2. The van der Waals surface area contributed by atoms with E-state index in [2.05, 4.69) is 5.10 Å². The summed E-state index contributed by atoms with van der Waals surface area (Å²) in [6.45, 7) is 4.63. The van der Waals surface area contributed by atoms with E-state index in [0.717, 1.165) is 6.20 Å². The fraction of sp³-hybridized carbons (Fsp3) is 0.500. The molecule has 0 spiro atoms.